The second kappa shape index (κ2) is 5.81. The number of hydrogen-bond donors (Lipinski definition) is 0. The molecule has 0 aromatic heterocycles. The van der Waals surface area contributed by atoms with Crippen LogP contribution >= 0.6 is 0 Å². The maximum Gasteiger partial charge on any atom is 0.290 e. The second-order valence-corrected chi connectivity index (χ2v) is 7.80. The summed E-state index contributed by atoms with van der Waals surface area (Å²) in [5, 5.41) is 12.2. The summed E-state index contributed by atoms with van der Waals surface area (Å²) >= 11 is 0. The molecule has 1 aromatic rings. The molecule has 1 fully saturated rings. The van der Waals surface area contributed by atoms with Gasteiger partial charge in [-0.15, -0.1) is 0 Å². The lowest BCUT2D eigenvalue weighted by Crippen LogP contribution is -2.32. The van der Waals surface area contributed by atoms with Crippen LogP contribution in [0.15, 0.2) is 46.3 Å². The number of fused-ring (bicyclic) bond motifs is 2. The number of hydrogen-bond acceptors (Lipinski definition) is 4. The highest BCUT2D eigenvalue weighted by Crippen LogP contribution is 2.49. The molecule has 0 radical (unpaired) electrons. The molecule has 0 N–H and O–H groups in total. The molecule has 4 rings (SSSR count). The van der Waals surface area contributed by atoms with E-state index in [1.165, 1.54) is 12.1 Å². The number of nitro groups is 1. The van der Waals surface area contributed by atoms with Gasteiger partial charge in [-0.3, -0.25) is 14.3 Å². The van der Waals surface area contributed by atoms with Crippen LogP contribution < -0.4 is 0 Å². The van der Waals surface area contributed by atoms with Gasteiger partial charge in [0.25, 0.3) is 5.70 Å². The first kappa shape index (κ1) is 15.5. The lowest BCUT2D eigenvalue weighted by molar-refractivity contribution is -0.431. The van der Waals surface area contributed by atoms with E-state index in [4.69, 9.17) is 0 Å². The summed E-state index contributed by atoms with van der Waals surface area (Å²) in [5.41, 5.74) is 2.86. The van der Waals surface area contributed by atoms with Gasteiger partial charge in [0.05, 0.1) is 15.7 Å². The van der Waals surface area contributed by atoms with E-state index in [0.717, 1.165) is 37.0 Å². The molecule has 2 unspecified atom stereocenters. The third kappa shape index (κ3) is 2.30. The fourth-order valence-electron chi connectivity index (χ4n) is 4.03. The number of allylic oxidation sites excluding steroid dienone is 2. The van der Waals surface area contributed by atoms with E-state index in [9.17, 15) is 18.7 Å². The van der Waals surface area contributed by atoms with Gasteiger partial charge in [0.1, 0.15) is 11.7 Å². The van der Waals surface area contributed by atoms with E-state index in [-0.39, 0.29) is 11.5 Å². The Morgan fingerprint density at radius 1 is 1.21 bits per heavy atom. The fourth-order valence-corrected chi connectivity index (χ4v) is 5.44. The molecule has 3 aliphatic rings. The molecular weight excluding hydrogens is 331 g/mol. The highest BCUT2D eigenvalue weighted by Gasteiger charge is 2.47. The normalized spacial score (nSPS) is 26.5. The van der Waals surface area contributed by atoms with Crippen molar-refractivity contribution in [3.63, 3.8) is 0 Å². The van der Waals surface area contributed by atoms with Gasteiger partial charge >= 0.3 is 0 Å². The lowest BCUT2D eigenvalue weighted by Gasteiger charge is -2.36. The van der Waals surface area contributed by atoms with Crippen LogP contribution in [0.4, 0.5) is 4.39 Å². The highest BCUT2D eigenvalue weighted by atomic mass is 32.2. The predicted molar refractivity (Wildman–Crippen MR) is 88.4 cm³/mol. The number of benzene rings is 1. The molecule has 0 bridgehead atoms. The molecule has 5 nitrogen and oxygen atoms in total. The molecule has 2 aliphatic heterocycles. The average molecular weight is 348 g/mol. The molecule has 0 amide bonds. The van der Waals surface area contributed by atoms with Gasteiger partial charge in [-0.05, 0) is 49.0 Å². The molecule has 0 spiro atoms. The quantitative estimate of drug-likeness (QED) is 0.608. The SMILES string of the molecule is O=[N+]([O-])C1=C2N(CCS2=O)C2=C(CCCC2)C1c1ccc(F)cc1. The molecule has 126 valence electrons. The Morgan fingerprint density at radius 3 is 2.62 bits per heavy atom. The van der Waals surface area contributed by atoms with Crippen LogP contribution in [0.1, 0.15) is 37.2 Å². The van der Waals surface area contributed by atoms with Gasteiger partial charge in [-0.25, -0.2) is 4.39 Å². The third-order valence-corrected chi connectivity index (χ3v) is 6.42. The molecule has 1 aromatic carbocycles. The molecule has 1 aliphatic carbocycles. The molecule has 0 saturated carbocycles. The Bertz CT molecular complexity index is 801. The van der Waals surface area contributed by atoms with Crippen LogP contribution in [0.2, 0.25) is 0 Å². The molecular formula is C17H17FN2O3S. The molecule has 2 heterocycles. The van der Waals surface area contributed by atoms with E-state index < -0.39 is 21.6 Å². The van der Waals surface area contributed by atoms with Crippen molar-refractivity contribution in [1.82, 2.24) is 4.90 Å². The predicted octanol–water partition coefficient (Wildman–Crippen LogP) is 3.26. The minimum Gasteiger partial charge on any atom is -0.332 e. The first-order valence-electron chi connectivity index (χ1n) is 8.10. The highest BCUT2D eigenvalue weighted by molar-refractivity contribution is 7.89. The largest absolute Gasteiger partial charge is 0.332 e. The molecule has 1 saturated heterocycles. The second-order valence-electron chi connectivity index (χ2n) is 6.31. The zero-order valence-electron chi connectivity index (χ0n) is 13.0. The Labute approximate surface area is 141 Å². The van der Waals surface area contributed by atoms with Crippen LogP contribution in [-0.2, 0) is 10.8 Å². The zero-order chi connectivity index (χ0) is 16.8. The minimum absolute atomic E-state index is 0.0121. The Morgan fingerprint density at radius 2 is 1.92 bits per heavy atom. The maximum atomic E-state index is 13.3. The zero-order valence-corrected chi connectivity index (χ0v) is 13.9. The summed E-state index contributed by atoms with van der Waals surface area (Å²) in [6, 6.07) is 5.88. The molecule has 2 atom stereocenters. The Kier molecular flexibility index (Phi) is 3.75. The van der Waals surface area contributed by atoms with Crippen molar-refractivity contribution in [2.75, 3.05) is 12.3 Å². The average Bonchev–Trinajstić information content (AvgIpc) is 2.96. The first-order chi connectivity index (χ1) is 11.6. The van der Waals surface area contributed by atoms with Crippen molar-refractivity contribution in [1.29, 1.82) is 0 Å². The van der Waals surface area contributed by atoms with Gasteiger partial charge < -0.3 is 4.90 Å². The van der Waals surface area contributed by atoms with Gasteiger partial charge in [-0.2, -0.15) is 0 Å². The van der Waals surface area contributed by atoms with Gasteiger partial charge in [0, 0.05) is 18.0 Å². The van der Waals surface area contributed by atoms with Crippen LogP contribution in [0.3, 0.4) is 0 Å². The van der Waals surface area contributed by atoms with E-state index in [1.54, 1.807) is 12.1 Å². The first-order valence-corrected chi connectivity index (χ1v) is 9.41. The fraction of sp³-hybridized carbons (Fsp3) is 0.412. The number of nitrogens with zero attached hydrogens (tertiary/aromatic N) is 2. The summed E-state index contributed by atoms with van der Waals surface area (Å²) in [4.78, 5) is 13.4. The summed E-state index contributed by atoms with van der Waals surface area (Å²) < 4.78 is 25.8. The van der Waals surface area contributed by atoms with E-state index in [0.29, 0.717) is 22.9 Å². The van der Waals surface area contributed by atoms with Crippen LogP contribution in [0.5, 0.6) is 0 Å². The van der Waals surface area contributed by atoms with E-state index >= 15 is 0 Å². The number of rotatable bonds is 2. The van der Waals surface area contributed by atoms with Gasteiger partial charge in [-0.1, -0.05) is 12.1 Å². The summed E-state index contributed by atoms with van der Waals surface area (Å²) in [5.74, 6) is -0.461. The van der Waals surface area contributed by atoms with Crippen molar-refractivity contribution in [2.45, 2.75) is 31.6 Å². The molecule has 24 heavy (non-hydrogen) atoms. The lowest BCUT2D eigenvalue weighted by atomic mass is 9.79. The Balaban J connectivity index is 1.95. The number of halogens is 1. The van der Waals surface area contributed by atoms with Crippen molar-refractivity contribution < 1.29 is 13.5 Å². The maximum absolute atomic E-state index is 13.3. The summed E-state index contributed by atoms with van der Waals surface area (Å²) in [6.45, 7) is 0.578. The monoisotopic (exact) mass is 348 g/mol. The molecule has 7 heteroatoms. The van der Waals surface area contributed by atoms with Crippen LogP contribution in [0, 0.1) is 15.9 Å². The van der Waals surface area contributed by atoms with Crippen molar-refractivity contribution >= 4 is 10.8 Å². The summed E-state index contributed by atoms with van der Waals surface area (Å²) in [7, 11) is -1.35. The van der Waals surface area contributed by atoms with Crippen molar-refractivity contribution in [2.24, 2.45) is 0 Å². The third-order valence-electron chi connectivity index (χ3n) is 5.01. The smallest absolute Gasteiger partial charge is 0.290 e. The van der Waals surface area contributed by atoms with Gasteiger partial charge in [0.15, 0.2) is 5.03 Å². The minimum atomic E-state index is -1.35. The Hall–Kier alpha value is -2.02. The van der Waals surface area contributed by atoms with E-state index in [1.807, 2.05) is 4.90 Å². The van der Waals surface area contributed by atoms with E-state index in [2.05, 4.69) is 0 Å². The topological polar surface area (TPSA) is 63.5 Å². The van der Waals surface area contributed by atoms with Crippen LogP contribution in [0.25, 0.3) is 0 Å². The standard InChI is InChI=1S/C17H17FN2O3S/c18-12-7-5-11(6-8-12)15-13-3-1-2-4-14(13)19-9-10-24(23)17(19)16(15)20(21)22/h5-8,15H,1-4,9-10H2. The summed E-state index contributed by atoms with van der Waals surface area (Å²) in [6.07, 6.45) is 3.69. The van der Waals surface area contributed by atoms with Crippen molar-refractivity contribution in [3.05, 3.63) is 67.8 Å². The van der Waals surface area contributed by atoms with Crippen molar-refractivity contribution in [3.8, 4) is 0 Å². The van der Waals surface area contributed by atoms with Gasteiger partial charge in [0.2, 0.25) is 0 Å². The van der Waals surface area contributed by atoms with Crippen LogP contribution in [-0.4, -0.2) is 26.3 Å².